The molecule has 0 fully saturated rings. The van der Waals surface area contributed by atoms with Gasteiger partial charge in [0.2, 0.25) is 0 Å². The molecule has 0 spiro atoms. The van der Waals surface area contributed by atoms with Gasteiger partial charge in [0.1, 0.15) is 0 Å². The summed E-state index contributed by atoms with van der Waals surface area (Å²) in [6.45, 7) is 10.8. The molecule has 0 radical (unpaired) electrons. The van der Waals surface area contributed by atoms with Gasteiger partial charge >= 0.3 is 0 Å². The summed E-state index contributed by atoms with van der Waals surface area (Å²) in [5.74, 6) is 0. The fourth-order valence-corrected chi connectivity index (χ4v) is 7.13. The third kappa shape index (κ3) is 4.18. The topological polar surface area (TPSA) is 33.6 Å². The Bertz CT molecular complexity index is 2430. The maximum absolute atomic E-state index is 9.72. The van der Waals surface area contributed by atoms with Gasteiger partial charge in [-0.2, -0.15) is 5.26 Å². The maximum atomic E-state index is 9.72. The number of aryl methyl sites for hydroxylation is 5. The third-order valence-corrected chi connectivity index (χ3v) is 9.26. The Kier molecular flexibility index (Phi) is 5.98. The van der Waals surface area contributed by atoms with E-state index in [2.05, 4.69) is 141 Å². The van der Waals surface area contributed by atoms with Crippen LogP contribution in [0.1, 0.15) is 33.4 Å². The fourth-order valence-electron chi connectivity index (χ4n) is 7.13. The molecule has 2 aromatic heterocycles. The third-order valence-electron chi connectivity index (χ3n) is 9.26. The first-order valence-corrected chi connectivity index (χ1v) is 15.5. The molecular formula is C42H33N3. The van der Waals surface area contributed by atoms with Crippen LogP contribution in [0.2, 0.25) is 0 Å². The number of nitrogens with zero attached hydrogens (tertiary/aromatic N) is 3. The van der Waals surface area contributed by atoms with Crippen LogP contribution in [0.3, 0.4) is 0 Å². The molecule has 3 heteroatoms. The largest absolute Gasteiger partial charge is 0.307 e. The highest BCUT2D eigenvalue weighted by Crippen LogP contribution is 2.41. The lowest BCUT2D eigenvalue weighted by Crippen LogP contribution is -2.05. The molecule has 0 N–H and O–H groups in total. The summed E-state index contributed by atoms with van der Waals surface area (Å²) in [6.07, 6.45) is 0. The molecule has 0 unspecified atom stereocenters. The first-order valence-electron chi connectivity index (χ1n) is 15.5. The first-order chi connectivity index (χ1) is 21.8. The van der Waals surface area contributed by atoms with E-state index in [9.17, 15) is 5.26 Å². The van der Waals surface area contributed by atoms with Crippen LogP contribution in [0.4, 0.5) is 0 Å². The van der Waals surface area contributed by atoms with E-state index in [4.69, 9.17) is 0 Å². The summed E-state index contributed by atoms with van der Waals surface area (Å²) in [5.41, 5.74) is 15.9. The van der Waals surface area contributed by atoms with E-state index >= 15 is 0 Å². The quantitative estimate of drug-likeness (QED) is 0.205. The lowest BCUT2D eigenvalue weighted by atomic mass is 9.97. The van der Waals surface area contributed by atoms with Gasteiger partial charge in [0.25, 0.3) is 0 Å². The highest BCUT2D eigenvalue weighted by atomic mass is 15.1. The second-order valence-electron chi connectivity index (χ2n) is 12.6. The van der Waals surface area contributed by atoms with E-state index in [0.29, 0.717) is 5.56 Å². The van der Waals surface area contributed by atoms with Gasteiger partial charge in [-0.1, -0.05) is 58.7 Å². The van der Waals surface area contributed by atoms with Gasteiger partial charge in [0.05, 0.1) is 45.1 Å². The molecule has 0 aliphatic rings. The summed E-state index contributed by atoms with van der Waals surface area (Å²) in [4.78, 5) is 0. The summed E-state index contributed by atoms with van der Waals surface area (Å²) < 4.78 is 4.89. The Morgan fingerprint density at radius 2 is 0.889 bits per heavy atom. The van der Waals surface area contributed by atoms with Gasteiger partial charge in [-0.25, -0.2) is 0 Å². The average molecular weight is 580 g/mol. The molecule has 216 valence electrons. The van der Waals surface area contributed by atoms with Crippen LogP contribution in [0.5, 0.6) is 0 Å². The Morgan fingerprint density at radius 1 is 0.467 bits per heavy atom. The fraction of sp³-hybridized carbons (Fsp3) is 0.119. The van der Waals surface area contributed by atoms with Crippen molar-refractivity contribution in [3.05, 3.63) is 143 Å². The molecule has 2 heterocycles. The summed E-state index contributed by atoms with van der Waals surface area (Å²) in [5, 5.41) is 14.7. The van der Waals surface area contributed by atoms with Crippen molar-refractivity contribution in [3.63, 3.8) is 0 Å². The Labute approximate surface area is 263 Å². The molecular weight excluding hydrogens is 546 g/mol. The molecule has 0 amide bonds. The average Bonchev–Trinajstić information content (AvgIpc) is 3.52. The zero-order valence-corrected chi connectivity index (χ0v) is 26.2. The van der Waals surface area contributed by atoms with Crippen LogP contribution in [0.15, 0.2) is 109 Å². The van der Waals surface area contributed by atoms with Gasteiger partial charge in [-0.05, 0) is 124 Å². The lowest BCUT2D eigenvalue weighted by molar-refractivity contribution is 1.09. The summed E-state index contributed by atoms with van der Waals surface area (Å²) >= 11 is 0. The first kappa shape index (κ1) is 27.0. The van der Waals surface area contributed by atoms with Crippen molar-refractivity contribution in [2.45, 2.75) is 34.6 Å². The second kappa shape index (κ2) is 9.97. The van der Waals surface area contributed by atoms with E-state index < -0.39 is 0 Å². The van der Waals surface area contributed by atoms with E-state index in [1.54, 1.807) is 0 Å². The summed E-state index contributed by atoms with van der Waals surface area (Å²) in [7, 11) is 0. The molecule has 0 bridgehead atoms. The molecule has 0 saturated heterocycles. The number of aromatic nitrogens is 2. The predicted molar refractivity (Wildman–Crippen MR) is 189 cm³/mol. The summed E-state index contributed by atoms with van der Waals surface area (Å²) in [6, 6.07) is 42.1. The van der Waals surface area contributed by atoms with Crippen molar-refractivity contribution in [1.82, 2.24) is 9.13 Å². The molecule has 8 aromatic rings. The number of nitriles is 1. The van der Waals surface area contributed by atoms with Crippen molar-refractivity contribution in [2.24, 2.45) is 0 Å². The van der Waals surface area contributed by atoms with Gasteiger partial charge in [0, 0.05) is 21.5 Å². The standard InChI is InChI=1S/C42H33N3/c1-25-9-13-37-33(17-25)34-18-26(2)10-14-38(34)44(37)41-21-29(5)32(31-8-6-7-30(22-31)24-43)23-42(41)45-39-15-11-27(3)19-35(39)36-20-28(4)12-16-40(36)45/h6-23H,1-5H3. The minimum atomic E-state index is 0.661. The van der Waals surface area contributed by atoms with Crippen LogP contribution in [-0.4, -0.2) is 9.13 Å². The Morgan fingerprint density at radius 3 is 1.31 bits per heavy atom. The van der Waals surface area contributed by atoms with Crippen molar-refractivity contribution in [3.8, 4) is 28.6 Å². The monoisotopic (exact) mass is 579 g/mol. The van der Waals surface area contributed by atoms with Crippen LogP contribution in [-0.2, 0) is 0 Å². The number of hydrogen-bond acceptors (Lipinski definition) is 1. The van der Waals surface area contributed by atoms with Crippen molar-refractivity contribution in [2.75, 3.05) is 0 Å². The van der Waals surface area contributed by atoms with Crippen molar-refractivity contribution in [1.29, 1.82) is 5.26 Å². The van der Waals surface area contributed by atoms with Gasteiger partial charge in [-0.3, -0.25) is 0 Å². The van der Waals surface area contributed by atoms with Crippen LogP contribution >= 0.6 is 0 Å². The molecule has 45 heavy (non-hydrogen) atoms. The van der Waals surface area contributed by atoms with E-state index in [-0.39, 0.29) is 0 Å². The molecule has 0 aliphatic carbocycles. The minimum Gasteiger partial charge on any atom is -0.307 e. The molecule has 0 saturated carbocycles. The lowest BCUT2D eigenvalue weighted by Gasteiger charge is -2.20. The number of benzene rings is 6. The van der Waals surface area contributed by atoms with Gasteiger partial charge in [-0.15, -0.1) is 0 Å². The van der Waals surface area contributed by atoms with Crippen molar-refractivity contribution >= 4 is 43.6 Å². The molecule has 8 rings (SSSR count). The minimum absolute atomic E-state index is 0.661. The smallest absolute Gasteiger partial charge is 0.0991 e. The zero-order chi connectivity index (χ0) is 31.0. The van der Waals surface area contributed by atoms with Crippen LogP contribution < -0.4 is 0 Å². The predicted octanol–water partition coefficient (Wildman–Crippen LogP) is 11.0. The highest BCUT2D eigenvalue weighted by molar-refractivity contribution is 6.12. The SMILES string of the molecule is Cc1ccc2c(c1)c1cc(C)ccc1n2-c1cc(C)c(-c2cccc(C#N)c2)cc1-n1c2ccc(C)cc2c2cc(C)ccc21. The number of hydrogen-bond donors (Lipinski definition) is 0. The zero-order valence-electron chi connectivity index (χ0n) is 26.2. The molecule has 3 nitrogen and oxygen atoms in total. The van der Waals surface area contributed by atoms with Crippen molar-refractivity contribution < 1.29 is 0 Å². The number of rotatable bonds is 3. The van der Waals surface area contributed by atoms with Crippen LogP contribution in [0, 0.1) is 45.9 Å². The highest BCUT2D eigenvalue weighted by Gasteiger charge is 2.22. The van der Waals surface area contributed by atoms with E-state index in [0.717, 1.165) is 28.1 Å². The van der Waals surface area contributed by atoms with Crippen LogP contribution in [0.25, 0.3) is 66.1 Å². The normalized spacial score (nSPS) is 11.6. The molecule has 0 aliphatic heterocycles. The maximum Gasteiger partial charge on any atom is 0.0991 e. The molecule has 0 atom stereocenters. The molecule has 6 aromatic carbocycles. The second-order valence-corrected chi connectivity index (χ2v) is 12.6. The Hall–Kier alpha value is -5.59. The van der Waals surface area contributed by atoms with Gasteiger partial charge in [0.15, 0.2) is 0 Å². The number of fused-ring (bicyclic) bond motifs is 6. The van der Waals surface area contributed by atoms with Gasteiger partial charge < -0.3 is 9.13 Å². The van der Waals surface area contributed by atoms with E-state index in [1.807, 2.05) is 18.2 Å². The Balaban J connectivity index is 1.57. The van der Waals surface area contributed by atoms with E-state index in [1.165, 1.54) is 65.9 Å².